The highest BCUT2D eigenvalue weighted by Gasteiger charge is 2.19. The number of carbonyl (C=O) groups is 1. The maximum absolute atomic E-state index is 11.9. The molecule has 2 aromatic heterocycles. The van der Waals surface area contributed by atoms with E-state index in [0.29, 0.717) is 11.3 Å². The van der Waals surface area contributed by atoms with E-state index in [1.165, 1.54) is 30.2 Å². The first-order chi connectivity index (χ1) is 9.82. The molecule has 0 aromatic carbocycles. The fourth-order valence-electron chi connectivity index (χ4n) is 1.85. The number of aromatic nitrogens is 2. The molecule has 0 bridgehead atoms. The predicted octanol–water partition coefficient (Wildman–Crippen LogP) is 1.97. The number of hydrogen-bond acceptors (Lipinski definition) is 5. The lowest BCUT2D eigenvalue weighted by molar-refractivity contribution is 0.0598. The second-order valence-corrected chi connectivity index (χ2v) is 5.71. The molecular formula is C15H18N2O4. The summed E-state index contributed by atoms with van der Waals surface area (Å²) in [7, 11) is 1.30. The van der Waals surface area contributed by atoms with Gasteiger partial charge in [0.1, 0.15) is 17.9 Å². The monoisotopic (exact) mass is 290 g/mol. The van der Waals surface area contributed by atoms with E-state index < -0.39 is 5.97 Å². The summed E-state index contributed by atoms with van der Waals surface area (Å²) in [4.78, 5) is 23.5. The smallest absolute Gasteiger partial charge is 0.341 e. The minimum atomic E-state index is -0.501. The lowest BCUT2D eigenvalue weighted by Crippen LogP contribution is -2.27. The van der Waals surface area contributed by atoms with Gasteiger partial charge in [-0.1, -0.05) is 20.8 Å². The molecule has 2 aromatic rings. The van der Waals surface area contributed by atoms with Gasteiger partial charge in [-0.25, -0.2) is 9.48 Å². The molecule has 0 aliphatic carbocycles. The van der Waals surface area contributed by atoms with E-state index in [1.54, 1.807) is 6.07 Å². The summed E-state index contributed by atoms with van der Waals surface area (Å²) < 4.78 is 11.2. The zero-order valence-electron chi connectivity index (χ0n) is 12.5. The molecule has 112 valence electrons. The van der Waals surface area contributed by atoms with E-state index in [4.69, 9.17) is 4.42 Å². The van der Waals surface area contributed by atoms with Crippen molar-refractivity contribution in [3.05, 3.63) is 51.8 Å². The van der Waals surface area contributed by atoms with Gasteiger partial charge in [-0.2, -0.15) is 5.10 Å². The molecule has 2 rings (SSSR count). The minimum Gasteiger partial charge on any atom is -0.466 e. The summed E-state index contributed by atoms with van der Waals surface area (Å²) in [6, 6.07) is 4.69. The van der Waals surface area contributed by atoms with Crippen LogP contribution in [0.2, 0.25) is 0 Å². The van der Waals surface area contributed by atoms with Crippen molar-refractivity contribution in [3.8, 4) is 0 Å². The number of ether oxygens (including phenoxy) is 1. The first-order valence-corrected chi connectivity index (χ1v) is 6.56. The van der Waals surface area contributed by atoms with Crippen LogP contribution in [0.5, 0.6) is 0 Å². The van der Waals surface area contributed by atoms with Crippen LogP contribution in [0.25, 0.3) is 0 Å². The number of carbonyl (C=O) groups excluding carboxylic acids is 1. The topological polar surface area (TPSA) is 74.3 Å². The SMILES string of the molecule is COC(=O)c1ccoc1Cn1nc(C(C)(C)C)ccc1=O. The number of methoxy groups -OCH3 is 1. The van der Waals surface area contributed by atoms with Crippen LogP contribution in [-0.4, -0.2) is 22.9 Å². The van der Waals surface area contributed by atoms with Gasteiger partial charge in [0.2, 0.25) is 0 Å². The van der Waals surface area contributed by atoms with Crippen LogP contribution < -0.4 is 5.56 Å². The summed E-state index contributed by atoms with van der Waals surface area (Å²) in [5.41, 5.74) is 0.653. The summed E-state index contributed by atoms with van der Waals surface area (Å²) in [5, 5.41) is 4.34. The third-order valence-electron chi connectivity index (χ3n) is 3.08. The minimum absolute atomic E-state index is 0.0835. The lowest BCUT2D eigenvalue weighted by Gasteiger charge is -2.18. The van der Waals surface area contributed by atoms with Crippen molar-refractivity contribution >= 4 is 5.97 Å². The molecule has 0 radical (unpaired) electrons. The van der Waals surface area contributed by atoms with Crippen molar-refractivity contribution < 1.29 is 13.9 Å². The first-order valence-electron chi connectivity index (χ1n) is 6.56. The Morgan fingerprint density at radius 2 is 2.05 bits per heavy atom. The van der Waals surface area contributed by atoms with Crippen molar-refractivity contribution in [2.45, 2.75) is 32.7 Å². The third-order valence-corrected chi connectivity index (χ3v) is 3.08. The van der Waals surface area contributed by atoms with Gasteiger partial charge in [-0.15, -0.1) is 0 Å². The van der Waals surface area contributed by atoms with Crippen molar-refractivity contribution in [2.75, 3.05) is 7.11 Å². The van der Waals surface area contributed by atoms with Crippen molar-refractivity contribution in [2.24, 2.45) is 0 Å². The van der Waals surface area contributed by atoms with Crippen LogP contribution in [0.3, 0.4) is 0 Å². The Bertz CT molecular complexity index is 707. The fraction of sp³-hybridized carbons (Fsp3) is 0.400. The van der Waals surface area contributed by atoms with Crippen molar-refractivity contribution in [1.82, 2.24) is 9.78 Å². The van der Waals surface area contributed by atoms with Gasteiger partial charge in [-0.3, -0.25) is 4.79 Å². The quantitative estimate of drug-likeness (QED) is 0.808. The van der Waals surface area contributed by atoms with E-state index in [-0.39, 0.29) is 17.5 Å². The molecule has 21 heavy (non-hydrogen) atoms. The Morgan fingerprint density at radius 3 is 2.67 bits per heavy atom. The molecule has 0 N–H and O–H groups in total. The fourth-order valence-corrected chi connectivity index (χ4v) is 1.85. The Kier molecular flexibility index (Phi) is 3.97. The number of furan rings is 1. The van der Waals surface area contributed by atoms with Crippen LogP contribution in [0, 0.1) is 0 Å². The molecule has 0 unspecified atom stereocenters. The number of esters is 1. The number of hydrogen-bond donors (Lipinski definition) is 0. The zero-order valence-corrected chi connectivity index (χ0v) is 12.5. The molecule has 2 heterocycles. The largest absolute Gasteiger partial charge is 0.466 e. The maximum Gasteiger partial charge on any atom is 0.341 e. The van der Waals surface area contributed by atoms with Gasteiger partial charge in [0, 0.05) is 11.5 Å². The average molecular weight is 290 g/mol. The summed E-state index contributed by atoms with van der Waals surface area (Å²) in [6.45, 7) is 6.12. The number of nitrogens with zero attached hydrogens (tertiary/aromatic N) is 2. The molecule has 0 aliphatic rings. The van der Waals surface area contributed by atoms with Crippen LogP contribution in [0.4, 0.5) is 0 Å². The van der Waals surface area contributed by atoms with Crippen molar-refractivity contribution in [3.63, 3.8) is 0 Å². The first kappa shape index (κ1) is 15.0. The molecule has 0 atom stereocenters. The molecule has 0 saturated heterocycles. The van der Waals surface area contributed by atoms with E-state index in [2.05, 4.69) is 9.84 Å². The van der Waals surface area contributed by atoms with E-state index in [0.717, 1.165) is 5.69 Å². The summed E-state index contributed by atoms with van der Waals surface area (Å²) in [6.07, 6.45) is 1.39. The van der Waals surface area contributed by atoms with Gasteiger partial charge >= 0.3 is 5.97 Å². The van der Waals surface area contributed by atoms with Gasteiger partial charge in [-0.05, 0) is 12.1 Å². The maximum atomic E-state index is 11.9. The van der Waals surface area contributed by atoms with Crippen molar-refractivity contribution in [1.29, 1.82) is 0 Å². The molecule has 0 amide bonds. The average Bonchev–Trinajstić information content (AvgIpc) is 2.87. The van der Waals surface area contributed by atoms with E-state index >= 15 is 0 Å². The van der Waals surface area contributed by atoms with Crippen LogP contribution in [0.15, 0.2) is 33.7 Å². The Balaban J connectivity index is 2.38. The molecular weight excluding hydrogens is 272 g/mol. The molecule has 6 heteroatoms. The van der Waals surface area contributed by atoms with Gasteiger partial charge < -0.3 is 9.15 Å². The lowest BCUT2D eigenvalue weighted by atomic mass is 9.92. The summed E-state index contributed by atoms with van der Waals surface area (Å²) in [5.74, 6) is -0.152. The molecule has 0 fully saturated rings. The van der Waals surface area contributed by atoms with Crippen LogP contribution in [0.1, 0.15) is 42.6 Å². The second-order valence-electron chi connectivity index (χ2n) is 5.71. The van der Waals surface area contributed by atoms with Gasteiger partial charge in [0.05, 0.1) is 19.1 Å². The molecule has 0 saturated carbocycles. The Hall–Kier alpha value is -2.37. The highest BCUT2D eigenvalue weighted by Crippen LogP contribution is 2.18. The predicted molar refractivity (Wildman–Crippen MR) is 76.3 cm³/mol. The zero-order chi connectivity index (χ0) is 15.6. The second kappa shape index (κ2) is 5.55. The Morgan fingerprint density at radius 1 is 1.33 bits per heavy atom. The van der Waals surface area contributed by atoms with Crippen LogP contribution in [-0.2, 0) is 16.7 Å². The van der Waals surface area contributed by atoms with Gasteiger partial charge in [0.15, 0.2) is 0 Å². The highest BCUT2D eigenvalue weighted by molar-refractivity contribution is 5.90. The van der Waals surface area contributed by atoms with E-state index in [9.17, 15) is 9.59 Å². The highest BCUT2D eigenvalue weighted by atomic mass is 16.5. The van der Waals surface area contributed by atoms with E-state index in [1.807, 2.05) is 20.8 Å². The molecule has 6 nitrogen and oxygen atoms in total. The standard InChI is InChI=1S/C15H18N2O4/c1-15(2,3)12-5-6-13(18)17(16-12)9-11-10(7-8-21-11)14(19)20-4/h5-8H,9H2,1-4H3. The number of rotatable bonds is 3. The Labute approximate surface area is 122 Å². The molecule has 0 spiro atoms. The van der Waals surface area contributed by atoms with Gasteiger partial charge in [0.25, 0.3) is 5.56 Å². The summed E-state index contributed by atoms with van der Waals surface area (Å²) >= 11 is 0. The molecule has 0 aliphatic heterocycles. The third kappa shape index (κ3) is 3.21. The normalized spacial score (nSPS) is 11.4. The van der Waals surface area contributed by atoms with Crippen LogP contribution >= 0.6 is 0 Å².